The second-order valence-corrected chi connectivity index (χ2v) is 6.23. The molecule has 0 N–H and O–H groups in total. The zero-order chi connectivity index (χ0) is 14.2. The number of rotatable bonds is 3. The Morgan fingerprint density at radius 1 is 1.37 bits per heavy atom. The van der Waals surface area contributed by atoms with Crippen molar-refractivity contribution >= 4 is 5.90 Å². The Morgan fingerprint density at radius 2 is 2.05 bits per heavy atom. The SMILES string of the molecule is CCCOC1=N[N+]2(C)C(=C1N(C)C)CCC(C)C2C. The van der Waals surface area contributed by atoms with Crippen molar-refractivity contribution in [2.24, 2.45) is 11.0 Å². The zero-order valence-corrected chi connectivity index (χ0v) is 13.2. The van der Waals surface area contributed by atoms with Gasteiger partial charge in [0.2, 0.25) is 0 Å². The number of fused-ring (bicyclic) bond motifs is 1. The lowest BCUT2D eigenvalue weighted by molar-refractivity contribution is -0.910. The van der Waals surface area contributed by atoms with Crippen molar-refractivity contribution in [3.63, 3.8) is 0 Å². The van der Waals surface area contributed by atoms with Crippen molar-refractivity contribution in [1.82, 2.24) is 4.90 Å². The third-order valence-corrected chi connectivity index (χ3v) is 4.66. The molecule has 3 unspecified atom stereocenters. The Morgan fingerprint density at radius 3 is 2.63 bits per heavy atom. The minimum Gasteiger partial charge on any atom is -0.473 e. The maximum Gasteiger partial charge on any atom is 0.297 e. The van der Waals surface area contributed by atoms with Crippen molar-refractivity contribution in [1.29, 1.82) is 0 Å². The Bertz CT molecular complexity index is 414. The largest absolute Gasteiger partial charge is 0.473 e. The highest BCUT2D eigenvalue weighted by Crippen LogP contribution is 2.42. The molecule has 3 atom stereocenters. The predicted molar refractivity (Wildman–Crippen MR) is 78.4 cm³/mol. The summed E-state index contributed by atoms with van der Waals surface area (Å²) in [6.45, 7) is 7.52. The van der Waals surface area contributed by atoms with E-state index in [2.05, 4.69) is 46.8 Å². The van der Waals surface area contributed by atoms with E-state index < -0.39 is 0 Å². The molecule has 0 aromatic rings. The fraction of sp³-hybridized carbons (Fsp3) is 0.800. The summed E-state index contributed by atoms with van der Waals surface area (Å²) in [5, 5.41) is 4.93. The molecule has 0 amide bonds. The Hall–Kier alpha value is -1.03. The van der Waals surface area contributed by atoms with Gasteiger partial charge in [0.1, 0.15) is 6.04 Å². The van der Waals surface area contributed by atoms with E-state index in [0.29, 0.717) is 16.6 Å². The number of allylic oxidation sites excluding steroid dienone is 1. The summed E-state index contributed by atoms with van der Waals surface area (Å²) in [5.74, 6) is 1.54. The minimum atomic E-state index is 0.515. The average Bonchev–Trinajstić information content (AvgIpc) is 2.66. The van der Waals surface area contributed by atoms with Gasteiger partial charge in [0.05, 0.1) is 13.7 Å². The molecule has 1 fully saturated rings. The Balaban J connectivity index is 2.40. The van der Waals surface area contributed by atoms with Crippen LogP contribution in [0.2, 0.25) is 0 Å². The normalized spacial score (nSPS) is 34.1. The van der Waals surface area contributed by atoms with Gasteiger partial charge in [-0.1, -0.05) is 13.8 Å². The lowest BCUT2D eigenvalue weighted by atomic mass is 9.89. The summed E-state index contributed by atoms with van der Waals surface area (Å²) in [5.41, 5.74) is 2.62. The third-order valence-electron chi connectivity index (χ3n) is 4.66. The Labute approximate surface area is 117 Å². The van der Waals surface area contributed by atoms with Gasteiger partial charge in [-0.05, 0) is 24.9 Å². The summed E-state index contributed by atoms with van der Waals surface area (Å²) in [6.07, 6.45) is 3.39. The van der Waals surface area contributed by atoms with Crippen LogP contribution in [0.3, 0.4) is 0 Å². The Kier molecular flexibility index (Phi) is 3.90. The van der Waals surface area contributed by atoms with E-state index >= 15 is 0 Å². The average molecular weight is 266 g/mol. The highest BCUT2D eigenvalue weighted by Gasteiger charge is 2.50. The monoisotopic (exact) mass is 266 g/mol. The highest BCUT2D eigenvalue weighted by molar-refractivity contribution is 5.94. The van der Waals surface area contributed by atoms with Crippen LogP contribution in [0.25, 0.3) is 0 Å². The van der Waals surface area contributed by atoms with Gasteiger partial charge >= 0.3 is 0 Å². The van der Waals surface area contributed by atoms with Gasteiger partial charge < -0.3 is 9.64 Å². The first kappa shape index (κ1) is 14.4. The predicted octanol–water partition coefficient (Wildman–Crippen LogP) is 2.78. The summed E-state index contributed by atoms with van der Waals surface area (Å²) in [4.78, 5) is 2.16. The van der Waals surface area contributed by atoms with Gasteiger partial charge in [-0.2, -0.15) is 4.59 Å². The highest BCUT2D eigenvalue weighted by atomic mass is 16.5. The summed E-state index contributed by atoms with van der Waals surface area (Å²) in [6, 6.07) is 0.515. The topological polar surface area (TPSA) is 24.8 Å². The second-order valence-electron chi connectivity index (χ2n) is 6.23. The summed E-state index contributed by atoms with van der Waals surface area (Å²) >= 11 is 0. The summed E-state index contributed by atoms with van der Waals surface area (Å²) < 4.78 is 6.59. The number of hydrogen-bond acceptors (Lipinski definition) is 3. The maximum absolute atomic E-state index is 5.90. The lowest BCUT2D eigenvalue weighted by Crippen LogP contribution is -2.50. The molecule has 0 saturated carbocycles. The molecule has 0 aliphatic carbocycles. The number of piperidine rings is 1. The van der Waals surface area contributed by atoms with Gasteiger partial charge in [-0.25, -0.2) is 0 Å². The van der Waals surface area contributed by atoms with Gasteiger partial charge in [0.25, 0.3) is 5.90 Å². The molecule has 2 heterocycles. The van der Waals surface area contributed by atoms with Crippen LogP contribution < -0.4 is 0 Å². The zero-order valence-electron chi connectivity index (χ0n) is 13.2. The molecular formula is C15H28N3O+. The van der Waals surface area contributed by atoms with Gasteiger partial charge in [-0.3, -0.25) is 0 Å². The van der Waals surface area contributed by atoms with Gasteiger partial charge in [0, 0.05) is 26.4 Å². The molecule has 1 saturated heterocycles. The molecule has 0 radical (unpaired) electrons. The van der Waals surface area contributed by atoms with Gasteiger partial charge in [0.15, 0.2) is 11.4 Å². The molecule has 2 rings (SSSR count). The minimum absolute atomic E-state index is 0.515. The molecule has 0 spiro atoms. The molecule has 4 nitrogen and oxygen atoms in total. The molecule has 2 aliphatic rings. The van der Waals surface area contributed by atoms with Crippen LogP contribution in [0.15, 0.2) is 16.5 Å². The lowest BCUT2D eigenvalue weighted by Gasteiger charge is -2.40. The number of likely N-dealkylation sites (N-methyl/N-ethyl adjacent to an activating group) is 1. The first-order chi connectivity index (χ1) is 8.91. The fourth-order valence-corrected chi connectivity index (χ4v) is 3.16. The van der Waals surface area contributed by atoms with E-state index in [4.69, 9.17) is 9.84 Å². The van der Waals surface area contributed by atoms with Crippen molar-refractivity contribution in [2.45, 2.75) is 46.1 Å². The van der Waals surface area contributed by atoms with E-state index in [1.165, 1.54) is 17.8 Å². The van der Waals surface area contributed by atoms with Crippen molar-refractivity contribution < 1.29 is 9.33 Å². The molecule has 0 bridgehead atoms. The standard InChI is InChI=1S/C15H28N3O/c1-7-10-19-15-14(17(4)5)13-9-8-11(2)12(3)18(13,6)16-15/h11-12H,7-10H2,1-6H3/q+1. The quantitative estimate of drug-likeness (QED) is 0.734. The van der Waals surface area contributed by atoms with E-state index in [9.17, 15) is 0 Å². The molecule has 2 aliphatic heterocycles. The van der Waals surface area contributed by atoms with Crippen molar-refractivity contribution in [2.75, 3.05) is 27.7 Å². The number of hydrogen-bond donors (Lipinski definition) is 0. The van der Waals surface area contributed by atoms with Crippen LogP contribution in [0.5, 0.6) is 0 Å². The van der Waals surface area contributed by atoms with Crippen molar-refractivity contribution in [3.05, 3.63) is 11.4 Å². The third kappa shape index (κ3) is 2.27. The van der Waals surface area contributed by atoms with Crippen molar-refractivity contribution in [3.8, 4) is 0 Å². The van der Waals surface area contributed by atoms with Crippen LogP contribution >= 0.6 is 0 Å². The molecule has 0 aromatic carbocycles. The summed E-state index contributed by atoms with van der Waals surface area (Å²) in [7, 11) is 6.40. The first-order valence-electron chi connectivity index (χ1n) is 7.42. The maximum atomic E-state index is 5.90. The van der Waals surface area contributed by atoms with E-state index in [-0.39, 0.29) is 0 Å². The van der Waals surface area contributed by atoms with Crippen LogP contribution in [0, 0.1) is 5.92 Å². The molecule has 19 heavy (non-hydrogen) atoms. The van der Waals surface area contributed by atoms with Gasteiger partial charge in [-0.15, -0.1) is 0 Å². The first-order valence-corrected chi connectivity index (χ1v) is 7.42. The number of ether oxygens (including phenoxy) is 1. The fourth-order valence-electron chi connectivity index (χ4n) is 3.16. The van der Waals surface area contributed by atoms with Crippen LogP contribution in [0.1, 0.15) is 40.0 Å². The number of nitrogens with zero attached hydrogens (tertiary/aromatic N) is 3. The van der Waals surface area contributed by atoms with E-state index in [0.717, 1.165) is 25.3 Å². The van der Waals surface area contributed by atoms with Crippen LogP contribution in [-0.2, 0) is 4.74 Å². The van der Waals surface area contributed by atoms with Crippen LogP contribution in [0.4, 0.5) is 0 Å². The molecular weight excluding hydrogens is 238 g/mol. The second kappa shape index (κ2) is 5.16. The molecule has 4 heteroatoms. The van der Waals surface area contributed by atoms with E-state index in [1.54, 1.807) is 0 Å². The molecule has 0 aromatic heterocycles. The molecule has 108 valence electrons. The smallest absolute Gasteiger partial charge is 0.297 e. The van der Waals surface area contributed by atoms with E-state index in [1.807, 2.05) is 0 Å². The number of quaternary nitrogens is 1. The van der Waals surface area contributed by atoms with Crippen LogP contribution in [-0.4, -0.2) is 49.2 Å².